The molecule has 7 heteroatoms. The maximum absolute atomic E-state index is 10.4. The number of aromatic nitrogens is 2. The lowest BCUT2D eigenvalue weighted by Gasteiger charge is -2.11. The highest BCUT2D eigenvalue weighted by Gasteiger charge is 2.10. The molecule has 1 heterocycles. The Morgan fingerprint density at radius 1 is 1.47 bits per heavy atom. The Kier molecular flexibility index (Phi) is 8.34. The molecule has 0 saturated heterocycles. The Balaban J connectivity index is 0.00000324. The van der Waals surface area contributed by atoms with Gasteiger partial charge in [-0.1, -0.05) is 19.0 Å². The Labute approximate surface area is 119 Å². The number of aryl methyl sites for hydroxylation is 1. The summed E-state index contributed by atoms with van der Waals surface area (Å²) in [6, 6.07) is 0. The second kappa shape index (κ2) is 8.87. The normalized spacial score (nSPS) is 10.8. The molecule has 1 aromatic heterocycles. The minimum atomic E-state index is -0.801. The first-order valence-electron chi connectivity index (χ1n) is 6.19. The van der Waals surface area contributed by atoms with Crippen LogP contribution in [0.1, 0.15) is 38.4 Å². The lowest BCUT2D eigenvalue weighted by Crippen LogP contribution is -2.21. The van der Waals surface area contributed by atoms with Gasteiger partial charge in [-0.25, -0.2) is 0 Å². The number of rotatable bonds is 8. The van der Waals surface area contributed by atoms with Crippen LogP contribution in [-0.4, -0.2) is 39.7 Å². The zero-order valence-electron chi connectivity index (χ0n) is 11.6. The molecule has 0 unspecified atom stereocenters. The summed E-state index contributed by atoms with van der Waals surface area (Å²) in [6.07, 6.45) is 1.97. The van der Waals surface area contributed by atoms with Crippen molar-refractivity contribution in [3.8, 4) is 0 Å². The number of hydrogen-bond acceptors (Lipinski definition) is 5. The largest absolute Gasteiger partial charge is 0.481 e. The summed E-state index contributed by atoms with van der Waals surface area (Å²) in [6.45, 7) is 5.27. The maximum atomic E-state index is 10.4. The van der Waals surface area contributed by atoms with Gasteiger partial charge in [0.05, 0.1) is 13.0 Å². The molecule has 0 amide bonds. The van der Waals surface area contributed by atoms with Gasteiger partial charge in [-0.2, -0.15) is 4.98 Å². The molecule has 1 rings (SSSR count). The molecule has 0 aromatic carbocycles. The summed E-state index contributed by atoms with van der Waals surface area (Å²) in [5.41, 5.74) is 0. The number of aliphatic carboxylic acids is 1. The third kappa shape index (κ3) is 7.79. The molecule has 19 heavy (non-hydrogen) atoms. The summed E-state index contributed by atoms with van der Waals surface area (Å²) in [7, 11) is 1.83. The third-order valence-corrected chi connectivity index (χ3v) is 2.57. The van der Waals surface area contributed by atoms with Gasteiger partial charge < -0.3 is 9.63 Å². The van der Waals surface area contributed by atoms with Gasteiger partial charge in [0.15, 0.2) is 5.82 Å². The monoisotopic (exact) mass is 291 g/mol. The summed E-state index contributed by atoms with van der Waals surface area (Å²) in [5.74, 6) is 1.09. The standard InChI is InChI=1S/C12H21N3O3.ClH/c1-9(2)4-5-10-13-11(18-14-10)8-15(3)7-6-12(16)17;/h9H,4-8H2,1-3H3,(H,16,17);1H. The number of nitrogens with zero attached hydrogens (tertiary/aromatic N) is 3. The van der Waals surface area contributed by atoms with Crippen molar-refractivity contribution in [2.75, 3.05) is 13.6 Å². The molecule has 0 fully saturated rings. The molecule has 6 nitrogen and oxygen atoms in total. The zero-order valence-corrected chi connectivity index (χ0v) is 12.4. The van der Waals surface area contributed by atoms with Crippen molar-refractivity contribution in [2.45, 2.75) is 39.7 Å². The van der Waals surface area contributed by atoms with Crippen molar-refractivity contribution in [3.05, 3.63) is 11.7 Å². The summed E-state index contributed by atoms with van der Waals surface area (Å²) >= 11 is 0. The lowest BCUT2D eigenvalue weighted by atomic mass is 10.1. The molecule has 0 aliphatic heterocycles. The maximum Gasteiger partial charge on any atom is 0.304 e. The van der Waals surface area contributed by atoms with E-state index in [9.17, 15) is 4.79 Å². The molecule has 0 aliphatic rings. The average molecular weight is 292 g/mol. The molecule has 0 radical (unpaired) electrons. The van der Waals surface area contributed by atoms with Crippen molar-refractivity contribution in [3.63, 3.8) is 0 Å². The van der Waals surface area contributed by atoms with Crippen LogP contribution in [0, 0.1) is 5.92 Å². The van der Waals surface area contributed by atoms with Crippen molar-refractivity contribution in [1.29, 1.82) is 0 Å². The molecule has 0 bridgehead atoms. The van der Waals surface area contributed by atoms with Crippen LogP contribution in [-0.2, 0) is 17.8 Å². The first-order valence-corrected chi connectivity index (χ1v) is 6.19. The Hall–Kier alpha value is -1.14. The first-order chi connectivity index (χ1) is 8.47. The molecule has 0 atom stereocenters. The average Bonchev–Trinajstić information content (AvgIpc) is 2.71. The predicted octanol–water partition coefficient (Wildman–Crippen LogP) is 1.99. The van der Waals surface area contributed by atoms with E-state index in [1.165, 1.54) is 0 Å². The highest BCUT2D eigenvalue weighted by Crippen LogP contribution is 2.07. The van der Waals surface area contributed by atoms with Crippen LogP contribution in [0.15, 0.2) is 4.52 Å². The molecular formula is C12H22ClN3O3. The van der Waals surface area contributed by atoms with Gasteiger partial charge in [0.25, 0.3) is 0 Å². The van der Waals surface area contributed by atoms with Gasteiger partial charge in [0, 0.05) is 13.0 Å². The van der Waals surface area contributed by atoms with Crippen LogP contribution in [0.5, 0.6) is 0 Å². The minimum Gasteiger partial charge on any atom is -0.481 e. The quantitative estimate of drug-likeness (QED) is 0.789. The third-order valence-electron chi connectivity index (χ3n) is 2.57. The number of carbonyl (C=O) groups is 1. The van der Waals surface area contributed by atoms with Gasteiger partial charge in [-0.3, -0.25) is 9.69 Å². The molecule has 0 saturated carbocycles. The molecule has 0 spiro atoms. The highest BCUT2D eigenvalue weighted by molar-refractivity contribution is 5.85. The molecule has 110 valence electrons. The second-order valence-corrected chi connectivity index (χ2v) is 4.92. The summed E-state index contributed by atoms with van der Waals surface area (Å²) in [5, 5.41) is 12.5. The number of hydrogen-bond donors (Lipinski definition) is 1. The van der Waals surface area contributed by atoms with Crippen molar-refractivity contribution < 1.29 is 14.4 Å². The number of carboxylic acids is 1. The SMILES string of the molecule is CC(C)CCc1noc(CN(C)CCC(=O)O)n1.Cl. The van der Waals surface area contributed by atoms with E-state index in [1.54, 1.807) is 0 Å². The summed E-state index contributed by atoms with van der Waals surface area (Å²) in [4.78, 5) is 16.6. The van der Waals surface area contributed by atoms with Crippen molar-refractivity contribution >= 4 is 18.4 Å². The first kappa shape index (κ1) is 17.9. The van der Waals surface area contributed by atoms with E-state index in [0.717, 1.165) is 18.7 Å². The van der Waals surface area contributed by atoms with Crippen LogP contribution >= 0.6 is 12.4 Å². The van der Waals surface area contributed by atoms with Gasteiger partial charge in [0.1, 0.15) is 0 Å². The van der Waals surface area contributed by atoms with E-state index in [4.69, 9.17) is 9.63 Å². The number of halogens is 1. The fraction of sp³-hybridized carbons (Fsp3) is 0.750. The van der Waals surface area contributed by atoms with Crippen LogP contribution in [0.3, 0.4) is 0 Å². The molecule has 1 N–H and O–H groups in total. The number of carboxylic acid groups (broad SMARTS) is 1. The van der Waals surface area contributed by atoms with Gasteiger partial charge >= 0.3 is 5.97 Å². The van der Waals surface area contributed by atoms with E-state index < -0.39 is 5.97 Å². The zero-order chi connectivity index (χ0) is 13.5. The smallest absolute Gasteiger partial charge is 0.304 e. The lowest BCUT2D eigenvalue weighted by molar-refractivity contribution is -0.137. The van der Waals surface area contributed by atoms with E-state index in [1.807, 2.05) is 11.9 Å². The predicted molar refractivity (Wildman–Crippen MR) is 73.3 cm³/mol. The Morgan fingerprint density at radius 3 is 2.74 bits per heavy atom. The fourth-order valence-electron chi connectivity index (χ4n) is 1.47. The fourth-order valence-corrected chi connectivity index (χ4v) is 1.47. The van der Waals surface area contributed by atoms with Crippen molar-refractivity contribution in [1.82, 2.24) is 15.0 Å². The summed E-state index contributed by atoms with van der Waals surface area (Å²) < 4.78 is 5.12. The molecule has 1 aromatic rings. The van der Waals surface area contributed by atoms with Gasteiger partial charge in [0.2, 0.25) is 5.89 Å². The topological polar surface area (TPSA) is 79.5 Å². The van der Waals surface area contributed by atoms with Crippen molar-refractivity contribution in [2.24, 2.45) is 5.92 Å². The molecular weight excluding hydrogens is 270 g/mol. The Bertz CT molecular complexity index is 382. The molecule has 0 aliphatic carbocycles. The van der Waals surface area contributed by atoms with Crippen LogP contribution in [0.4, 0.5) is 0 Å². The Morgan fingerprint density at radius 2 is 2.16 bits per heavy atom. The van der Waals surface area contributed by atoms with Gasteiger partial charge in [-0.05, 0) is 19.4 Å². The van der Waals surface area contributed by atoms with Crippen LogP contribution in [0.25, 0.3) is 0 Å². The van der Waals surface area contributed by atoms with Crippen LogP contribution in [0.2, 0.25) is 0 Å². The minimum absolute atomic E-state index is 0. The van der Waals surface area contributed by atoms with E-state index in [2.05, 4.69) is 24.0 Å². The van der Waals surface area contributed by atoms with E-state index in [-0.39, 0.29) is 18.8 Å². The van der Waals surface area contributed by atoms with E-state index in [0.29, 0.717) is 24.9 Å². The van der Waals surface area contributed by atoms with Crippen LogP contribution < -0.4 is 0 Å². The highest BCUT2D eigenvalue weighted by atomic mass is 35.5. The second-order valence-electron chi connectivity index (χ2n) is 4.92. The van der Waals surface area contributed by atoms with Gasteiger partial charge in [-0.15, -0.1) is 12.4 Å². The van der Waals surface area contributed by atoms with E-state index >= 15 is 0 Å².